The highest BCUT2D eigenvalue weighted by molar-refractivity contribution is 6.35. The zero-order valence-corrected chi connectivity index (χ0v) is 12.3. The van der Waals surface area contributed by atoms with Crippen molar-refractivity contribution < 1.29 is 4.79 Å². The predicted molar refractivity (Wildman–Crippen MR) is 80.4 cm³/mol. The number of hydrogen-bond acceptors (Lipinski definition) is 1. The van der Waals surface area contributed by atoms with Crippen molar-refractivity contribution in [2.24, 2.45) is 0 Å². The van der Waals surface area contributed by atoms with Crippen molar-refractivity contribution in [1.82, 2.24) is 0 Å². The Kier molecular flexibility index (Phi) is 4.28. The zero-order chi connectivity index (χ0) is 14.0. The topological polar surface area (TPSA) is 17.1 Å². The number of rotatable bonds is 3. The highest BCUT2D eigenvalue weighted by Crippen LogP contribution is 2.23. The summed E-state index contributed by atoms with van der Waals surface area (Å²) in [5.41, 5.74) is 3.70. The second-order valence-corrected chi connectivity index (χ2v) is 5.50. The molecule has 0 aliphatic rings. The highest BCUT2D eigenvalue weighted by atomic mass is 35.5. The second kappa shape index (κ2) is 5.77. The molecule has 0 aromatic heterocycles. The maximum Gasteiger partial charge on any atom is 0.167 e. The number of Topliss-reactive ketones (excluding diaryl/α,β-unsaturated/α-hetero) is 1. The minimum atomic E-state index is 0.0710. The number of halogens is 2. The van der Waals surface area contributed by atoms with Crippen LogP contribution in [0.5, 0.6) is 0 Å². The van der Waals surface area contributed by atoms with Gasteiger partial charge in [0.1, 0.15) is 0 Å². The van der Waals surface area contributed by atoms with Crippen LogP contribution in [0.25, 0.3) is 0 Å². The van der Waals surface area contributed by atoms with Gasteiger partial charge in [0.15, 0.2) is 5.78 Å². The Labute approximate surface area is 123 Å². The molecule has 0 N–H and O–H groups in total. The van der Waals surface area contributed by atoms with Gasteiger partial charge in [0, 0.05) is 22.0 Å². The Morgan fingerprint density at radius 3 is 2.42 bits per heavy atom. The third kappa shape index (κ3) is 3.37. The Bertz CT molecular complexity index is 633. The van der Waals surface area contributed by atoms with E-state index in [1.165, 1.54) is 0 Å². The summed E-state index contributed by atoms with van der Waals surface area (Å²) in [6, 6.07) is 11.0. The molecule has 0 fully saturated rings. The molecule has 0 unspecified atom stereocenters. The second-order valence-electron chi connectivity index (χ2n) is 4.65. The smallest absolute Gasteiger partial charge is 0.167 e. The molecule has 0 saturated carbocycles. The molecule has 0 aliphatic heterocycles. The number of carbonyl (C=O) groups excluding carboxylic acids is 1. The van der Waals surface area contributed by atoms with Crippen LogP contribution in [-0.4, -0.2) is 5.78 Å². The van der Waals surface area contributed by atoms with Gasteiger partial charge >= 0.3 is 0 Å². The third-order valence-electron chi connectivity index (χ3n) is 3.05. The van der Waals surface area contributed by atoms with Gasteiger partial charge in [-0.2, -0.15) is 0 Å². The molecule has 0 radical (unpaired) electrons. The lowest BCUT2D eigenvalue weighted by atomic mass is 9.98. The SMILES string of the molecule is Cc1ccc(C(=O)Cc2ccc(Cl)cc2Cl)c(C)c1. The van der Waals surface area contributed by atoms with Gasteiger partial charge in [-0.25, -0.2) is 0 Å². The molecule has 3 heteroatoms. The first kappa shape index (κ1) is 14.1. The lowest BCUT2D eigenvalue weighted by molar-refractivity contribution is 0.0992. The molecule has 2 rings (SSSR count). The first-order valence-electron chi connectivity index (χ1n) is 6.02. The average Bonchev–Trinajstić information content (AvgIpc) is 2.32. The van der Waals surface area contributed by atoms with Gasteiger partial charge in [0.25, 0.3) is 0 Å². The van der Waals surface area contributed by atoms with E-state index in [0.29, 0.717) is 16.5 Å². The van der Waals surface area contributed by atoms with E-state index in [1.54, 1.807) is 18.2 Å². The van der Waals surface area contributed by atoms with E-state index in [1.807, 2.05) is 32.0 Å². The molecule has 0 atom stereocenters. The molecule has 0 amide bonds. The quantitative estimate of drug-likeness (QED) is 0.725. The average molecular weight is 293 g/mol. The van der Waals surface area contributed by atoms with E-state index < -0.39 is 0 Å². The Hall–Kier alpha value is -1.31. The number of ketones is 1. The van der Waals surface area contributed by atoms with E-state index in [-0.39, 0.29) is 5.78 Å². The standard InChI is InChI=1S/C16H14Cl2O/c1-10-3-6-14(11(2)7-10)16(19)8-12-4-5-13(17)9-15(12)18/h3-7,9H,8H2,1-2H3. The summed E-state index contributed by atoms with van der Waals surface area (Å²) in [4.78, 5) is 12.3. The predicted octanol–water partition coefficient (Wildman–Crippen LogP) is 5.04. The Balaban J connectivity index is 2.25. The minimum Gasteiger partial charge on any atom is -0.294 e. The monoisotopic (exact) mass is 292 g/mol. The van der Waals surface area contributed by atoms with E-state index in [2.05, 4.69) is 0 Å². The van der Waals surface area contributed by atoms with Crippen LogP contribution in [0, 0.1) is 13.8 Å². The minimum absolute atomic E-state index is 0.0710. The van der Waals surface area contributed by atoms with Crippen LogP contribution < -0.4 is 0 Å². The molecule has 1 nitrogen and oxygen atoms in total. The lowest BCUT2D eigenvalue weighted by Gasteiger charge is -2.07. The molecule has 98 valence electrons. The van der Waals surface area contributed by atoms with Crippen molar-refractivity contribution in [1.29, 1.82) is 0 Å². The fourth-order valence-electron chi connectivity index (χ4n) is 2.06. The summed E-state index contributed by atoms with van der Waals surface area (Å²) in [5.74, 6) is 0.0710. The Morgan fingerprint density at radius 1 is 1.05 bits per heavy atom. The van der Waals surface area contributed by atoms with Crippen LogP contribution >= 0.6 is 23.2 Å². The van der Waals surface area contributed by atoms with E-state index >= 15 is 0 Å². The van der Waals surface area contributed by atoms with Gasteiger partial charge in [-0.05, 0) is 37.1 Å². The van der Waals surface area contributed by atoms with Crippen LogP contribution in [0.1, 0.15) is 27.0 Å². The van der Waals surface area contributed by atoms with Gasteiger partial charge < -0.3 is 0 Å². The summed E-state index contributed by atoms with van der Waals surface area (Å²) in [7, 11) is 0. The van der Waals surface area contributed by atoms with Gasteiger partial charge in [-0.15, -0.1) is 0 Å². The first-order chi connectivity index (χ1) is 8.97. The molecule has 0 spiro atoms. The van der Waals surface area contributed by atoms with Crippen molar-refractivity contribution in [2.75, 3.05) is 0 Å². The van der Waals surface area contributed by atoms with Crippen LogP contribution in [0.4, 0.5) is 0 Å². The number of hydrogen-bond donors (Lipinski definition) is 0. The van der Waals surface area contributed by atoms with E-state index in [0.717, 1.165) is 22.3 Å². The first-order valence-corrected chi connectivity index (χ1v) is 6.77. The van der Waals surface area contributed by atoms with Crippen molar-refractivity contribution in [3.63, 3.8) is 0 Å². The van der Waals surface area contributed by atoms with Crippen molar-refractivity contribution in [2.45, 2.75) is 20.3 Å². The maximum absolute atomic E-state index is 12.3. The number of carbonyl (C=O) groups is 1. The van der Waals surface area contributed by atoms with E-state index in [9.17, 15) is 4.79 Å². The fraction of sp³-hybridized carbons (Fsp3) is 0.188. The maximum atomic E-state index is 12.3. The van der Waals surface area contributed by atoms with Gasteiger partial charge in [0.05, 0.1) is 0 Å². The van der Waals surface area contributed by atoms with Crippen LogP contribution in [-0.2, 0) is 6.42 Å². The highest BCUT2D eigenvalue weighted by Gasteiger charge is 2.12. The zero-order valence-electron chi connectivity index (χ0n) is 10.8. The van der Waals surface area contributed by atoms with E-state index in [4.69, 9.17) is 23.2 Å². The summed E-state index contributed by atoms with van der Waals surface area (Å²) in [6.45, 7) is 3.96. The molecule has 2 aromatic carbocycles. The van der Waals surface area contributed by atoms with Crippen LogP contribution in [0.3, 0.4) is 0 Å². The molecule has 19 heavy (non-hydrogen) atoms. The third-order valence-corrected chi connectivity index (χ3v) is 3.64. The van der Waals surface area contributed by atoms with Crippen LogP contribution in [0.2, 0.25) is 10.0 Å². The molecule has 2 aromatic rings. The van der Waals surface area contributed by atoms with Crippen LogP contribution in [0.15, 0.2) is 36.4 Å². The molecule has 0 aliphatic carbocycles. The summed E-state index contributed by atoms with van der Waals surface area (Å²) < 4.78 is 0. The Morgan fingerprint density at radius 2 is 1.79 bits per heavy atom. The summed E-state index contributed by atoms with van der Waals surface area (Å²) in [5, 5.41) is 1.11. The fourth-order valence-corrected chi connectivity index (χ4v) is 2.54. The van der Waals surface area contributed by atoms with Gasteiger partial charge in [0.2, 0.25) is 0 Å². The van der Waals surface area contributed by atoms with Crippen molar-refractivity contribution >= 4 is 29.0 Å². The number of benzene rings is 2. The number of aryl methyl sites for hydroxylation is 2. The van der Waals surface area contributed by atoms with Crippen molar-refractivity contribution in [3.05, 3.63) is 68.7 Å². The molecule has 0 bridgehead atoms. The molecular weight excluding hydrogens is 279 g/mol. The molecule has 0 saturated heterocycles. The molecule has 0 heterocycles. The summed E-state index contributed by atoms with van der Waals surface area (Å²) >= 11 is 11.9. The summed E-state index contributed by atoms with van der Waals surface area (Å²) in [6.07, 6.45) is 0.292. The van der Waals surface area contributed by atoms with Gasteiger partial charge in [-0.1, -0.05) is 53.0 Å². The largest absolute Gasteiger partial charge is 0.294 e. The normalized spacial score (nSPS) is 10.5. The lowest BCUT2D eigenvalue weighted by Crippen LogP contribution is -2.06. The van der Waals surface area contributed by atoms with Crippen molar-refractivity contribution in [3.8, 4) is 0 Å². The van der Waals surface area contributed by atoms with Gasteiger partial charge in [-0.3, -0.25) is 4.79 Å². The molecular formula is C16H14Cl2O.